The molecule has 3 rings (SSSR count). The molecule has 1 aromatic carbocycles. The molecule has 7 heteroatoms. The summed E-state index contributed by atoms with van der Waals surface area (Å²) in [6.07, 6.45) is 0. The van der Waals surface area contributed by atoms with Crippen LogP contribution < -0.4 is 10.2 Å². The van der Waals surface area contributed by atoms with Gasteiger partial charge in [0.25, 0.3) is 0 Å². The van der Waals surface area contributed by atoms with Crippen molar-refractivity contribution in [2.24, 2.45) is 0 Å². The van der Waals surface area contributed by atoms with Crippen molar-refractivity contribution in [3.05, 3.63) is 40.0 Å². The van der Waals surface area contributed by atoms with Gasteiger partial charge in [-0.05, 0) is 32.2 Å². The molecule has 1 aromatic heterocycles. The van der Waals surface area contributed by atoms with Gasteiger partial charge in [0.2, 0.25) is 5.95 Å². The van der Waals surface area contributed by atoms with Crippen molar-refractivity contribution in [3.63, 3.8) is 0 Å². The number of anilines is 3. The van der Waals surface area contributed by atoms with E-state index in [1.165, 1.54) is 0 Å². The molecule has 1 N–H and O–H groups in total. The van der Waals surface area contributed by atoms with Crippen molar-refractivity contribution in [2.45, 2.75) is 6.92 Å². The first kappa shape index (κ1) is 16.3. The third-order valence-corrected chi connectivity index (χ3v) is 4.22. The van der Waals surface area contributed by atoms with Gasteiger partial charge in [-0.25, -0.2) is 4.98 Å². The Kier molecular flexibility index (Phi) is 4.90. The zero-order valence-corrected chi connectivity index (χ0v) is 14.7. The Labute approximate surface area is 146 Å². The maximum atomic E-state index is 6.04. The van der Waals surface area contributed by atoms with Crippen LogP contribution in [-0.4, -0.2) is 48.1 Å². The minimum absolute atomic E-state index is 0.553. The van der Waals surface area contributed by atoms with Gasteiger partial charge in [0.15, 0.2) is 0 Å². The summed E-state index contributed by atoms with van der Waals surface area (Å²) in [5.41, 5.74) is 1.70. The molecule has 122 valence electrons. The van der Waals surface area contributed by atoms with E-state index in [-0.39, 0.29) is 0 Å². The predicted molar refractivity (Wildman–Crippen MR) is 96.2 cm³/mol. The summed E-state index contributed by atoms with van der Waals surface area (Å²) in [5, 5.41) is 4.34. The van der Waals surface area contributed by atoms with E-state index in [2.05, 4.69) is 32.1 Å². The lowest BCUT2D eigenvalue weighted by molar-refractivity contribution is 0.312. The number of benzene rings is 1. The van der Waals surface area contributed by atoms with Crippen LogP contribution in [0.1, 0.15) is 5.69 Å². The van der Waals surface area contributed by atoms with E-state index in [4.69, 9.17) is 23.2 Å². The topological polar surface area (TPSA) is 44.3 Å². The number of aromatic nitrogens is 2. The number of rotatable bonds is 3. The summed E-state index contributed by atoms with van der Waals surface area (Å²) in [4.78, 5) is 13.7. The lowest BCUT2D eigenvalue weighted by atomic mass is 10.3. The molecule has 0 radical (unpaired) electrons. The minimum atomic E-state index is 0.553. The van der Waals surface area contributed by atoms with Gasteiger partial charge < -0.3 is 15.1 Å². The maximum absolute atomic E-state index is 6.04. The number of nitrogens with zero attached hydrogens (tertiary/aromatic N) is 4. The van der Waals surface area contributed by atoms with Crippen LogP contribution in [0.4, 0.5) is 17.5 Å². The van der Waals surface area contributed by atoms with Gasteiger partial charge in [0.1, 0.15) is 5.82 Å². The second-order valence-corrected chi connectivity index (χ2v) is 6.64. The highest BCUT2D eigenvalue weighted by Crippen LogP contribution is 2.25. The first-order valence-electron chi connectivity index (χ1n) is 7.52. The van der Waals surface area contributed by atoms with E-state index < -0.39 is 0 Å². The molecule has 5 nitrogen and oxygen atoms in total. The first-order chi connectivity index (χ1) is 11.0. The number of aryl methyl sites for hydroxylation is 1. The summed E-state index contributed by atoms with van der Waals surface area (Å²) in [7, 11) is 2.14. The normalized spacial score (nSPS) is 15.7. The van der Waals surface area contributed by atoms with Gasteiger partial charge in [-0.3, -0.25) is 0 Å². The first-order valence-corrected chi connectivity index (χ1v) is 8.27. The molecule has 0 unspecified atom stereocenters. The summed E-state index contributed by atoms with van der Waals surface area (Å²) in [6, 6.07) is 7.31. The second-order valence-electron chi connectivity index (χ2n) is 5.76. The number of piperazine rings is 1. The monoisotopic (exact) mass is 351 g/mol. The van der Waals surface area contributed by atoms with E-state index >= 15 is 0 Å². The smallest absolute Gasteiger partial charge is 0.229 e. The van der Waals surface area contributed by atoms with E-state index in [1.54, 1.807) is 18.2 Å². The fourth-order valence-corrected chi connectivity index (χ4v) is 3.09. The Morgan fingerprint density at radius 2 is 1.61 bits per heavy atom. The van der Waals surface area contributed by atoms with Gasteiger partial charge in [0, 0.05) is 53.7 Å². The third kappa shape index (κ3) is 4.25. The average molecular weight is 352 g/mol. The van der Waals surface area contributed by atoms with Crippen molar-refractivity contribution in [3.8, 4) is 0 Å². The Morgan fingerprint density at radius 1 is 0.957 bits per heavy atom. The van der Waals surface area contributed by atoms with Gasteiger partial charge in [0.05, 0.1) is 0 Å². The van der Waals surface area contributed by atoms with Crippen molar-refractivity contribution in [1.82, 2.24) is 14.9 Å². The summed E-state index contributed by atoms with van der Waals surface area (Å²) >= 11 is 12.1. The zero-order chi connectivity index (χ0) is 16.4. The van der Waals surface area contributed by atoms with E-state index in [1.807, 2.05) is 13.0 Å². The summed E-state index contributed by atoms with van der Waals surface area (Å²) < 4.78 is 0. The predicted octanol–water partition coefficient (Wildman–Crippen LogP) is 3.59. The SMILES string of the molecule is Cc1cc(N2CCN(C)CC2)nc(Nc2cc(Cl)cc(Cl)c2)n1. The fraction of sp³-hybridized carbons (Fsp3) is 0.375. The molecule has 1 aliphatic heterocycles. The van der Waals surface area contributed by atoms with Crippen LogP contribution >= 0.6 is 23.2 Å². The fourth-order valence-electron chi connectivity index (χ4n) is 2.56. The number of hydrogen-bond acceptors (Lipinski definition) is 5. The Hall–Kier alpha value is -1.56. The molecule has 0 atom stereocenters. The van der Waals surface area contributed by atoms with Crippen molar-refractivity contribution < 1.29 is 0 Å². The Morgan fingerprint density at radius 3 is 2.26 bits per heavy atom. The van der Waals surface area contributed by atoms with Gasteiger partial charge in [-0.15, -0.1) is 0 Å². The molecular formula is C16H19Cl2N5. The average Bonchev–Trinajstić information content (AvgIpc) is 2.46. The van der Waals surface area contributed by atoms with Crippen LogP contribution in [-0.2, 0) is 0 Å². The van der Waals surface area contributed by atoms with E-state index in [0.717, 1.165) is 43.4 Å². The minimum Gasteiger partial charge on any atom is -0.354 e. The Balaban J connectivity index is 1.82. The molecule has 0 bridgehead atoms. The van der Waals surface area contributed by atoms with E-state index in [9.17, 15) is 0 Å². The molecule has 1 aliphatic rings. The quantitative estimate of drug-likeness (QED) is 0.915. The molecule has 0 spiro atoms. The molecule has 23 heavy (non-hydrogen) atoms. The largest absolute Gasteiger partial charge is 0.354 e. The van der Waals surface area contributed by atoms with Crippen LogP contribution in [0.25, 0.3) is 0 Å². The summed E-state index contributed by atoms with van der Waals surface area (Å²) in [5.74, 6) is 1.50. The number of nitrogens with one attached hydrogen (secondary N) is 1. The third-order valence-electron chi connectivity index (χ3n) is 3.79. The molecule has 0 aliphatic carbocycles. The number of likely N-dealkylation sites (N-methyl/N-ethyl adjacent to an activating group) is 1. The lowest BCUT2D eigenvalue weighted by Crippen LogP contribution is -2.44. The summed E-state index contributed by atoms with van der Waals surface area (Å²) in [6.45, 7) is 5.98. The van der Waals surface area contributed by atoms with Crippen molar-refractivity contribution in [2.75, 3.05) is 43.4 Å². The maximum Gasteiger partial charge on any atom is 0.229 e. The van der Waals surface area contributed by atoms with Crippen LogP contribution in [0.5, 0.6) is 0 Å². The van der Waals surface area contributed by atoms with Gasteiger partial charge >= 0.3 is 0 Å². The van der Waals surface area contributed by atoms with Crippen molar-refractivity contribution >= 4 is 40.7 Å². The number of hydrogen-bond donors (Lipinski definition) is 1. The van der Waals surface area contributed by atoms with Crippen LogP contribution in [0.15, 0.2) is 24.3 Å². The molecular weight excluding hydrogens is 333 g/mol. The van der Waals surface area contributed by atoms with Crippen LogP contribution in [0.2, 0.25) is 10.0 Å². The van der Waals surface area contributed by atoms with Crippen LogP contribution in [0.3, 0.4) is 0 Å². The zero-order valence-electron chi connectivity index (χ0n) is 13.2. The lowest BCUT2D eigenvalue weighted by Gasteiger charge is -2.33. The standard InChI is InChI=1S/C16H19Cl2N5/c1-11-7-15(23-5-3-22(2)4-6-23)21-16(19-11)20-14-9-12(17)8-13(18)10-14/h7-10H,3-6H2,1-2H3,(H,19,20,21). The molecule has 0 saturated carbocycles. The molecule has 1 fully saturated rings. The highest BCUT2D eigenvalue weighted by Gasteiger charge is 2.16. The van der Waals surface area contributed by atoms with Crippen LogP contribution in [0, 0.1) is 6.92 Å². The van der Waals surface area contributed by atoms with Gasteiger partial charge in [-0.2, -0.15) is 4.98 Å². The van der Waals surface area contributed by atoms with Gasteiger partial charge in [-0.1, -0.05) is 23.2 Å². The second kappa shape index (κ2) is 6.91. The van der Waals surface area contributed by atoms with E-state index in [0.29, 0.717) is 16.0 Å². The molecule has 0 amide bonds. The highest BCUT2D eigenvalue weighted by molar-refractivity contribution is 6.35. The Bertz CT molecular complexity index is 679. The number of halogens is 2. The highest BCUT2D eigenvalue weighted by atomic mass is 35.5. The molecule has 2 aromatic rings. The van der Waals surface area contributed by atoms with Crippen molar-refractivity contribution in [1.29, 1.82) is 0 Å². The molecule has 2 heterocycles. The molecule has 1 saturated heterocycles.